The molecule has 2 aromatic rings. The van der Waals surface area contributed by atoms with Gasteiger partial charge in [-0.05, 0) is 36.2 Å². The molecule has 0 aromatic heterocycles. The summed E-state index contributed by atoms with van der Waals surface area (Å²) in [5.74, 6) is -0.137. The SMILES string of the molecule is CCCCN(C)S(=O)(=O)c1ccc(NC(=O)Cc2ccccc2)cc1. The third-order valence-corrected chi connectivity index (χ3v) is 5.75. The molecule has 0 radical (unpaired) electrons. The largest absolute Gasteiger partial charge is 0.326 e. The first-order valence-electron chi connectivity index (χ1n) is 8.33. The molecule has 1 N–H and O–H groups in total. The normalized spacial score (nSPS) is 11.5. The van der Waals surface area contributed by atoms with Crippen molar-refractivity contribution in [2.24, 2.45) is 0 Å². The minimum atomic E-state index is -3.48. The van der Waals surface area contributed by atoms with E-state index >= 15 is 0 Å². The Hall–Kier alpha value is -2.18. The molecule has 0 fully saturated rings. The third-order valence-electron chi connectivity index (χ3n) is 3.88. The molecule has 25 heavy (non-hydrogen) atoms. The van der Waals surface area contributed by atoms with Gasteiger partial charge in [-0.15, -0.1) is 0 Å². The van der Waals surface area contributed by atoms with E-state index in [1.165, 1.54) is 16.4 Å². The third kappa shape index (κ3) is 5.41. The number of anilines is 1. The molecule has 0 spiro atoms. The number of sulfonamides is 1. The van der Waals surface area contributed by atoms with Crippen LogP contribution in [-0.4, -0.2) is 32.2 Å². The lowest BCUT2D eigenvalue weighted by Crippen LogP contribution is -2.27. The molecule has 2 rings (SSSR count). The van der Waals surface area contributed by atoms with E-state index in [0.717, 1.165) is 18.4 Å². The molecular formula is C19H24N2O3S. The zero-order chi connectivity index (χ0) is 18.3. The average Bonchev–Trinajstić information content (AvgIpc) is 2.60. The van der Waals surface area contributed by atoms with Crippen molar-refractivity contribution in [3.05, 3.63) is 60.2 Å². The number of carbonyl (C=O) groups is 1. The van der Waals surface area contributed by atoms with E-state index in [2.05, 4.69) is 5.32 Å². The van der Waals surface area contributed by atoms with Gasteiger partial charge in [0.1, 0.15) is 0 Å². The summed E-state index contributed by atoms with van der Waals surface area (Å²) in [7, 11) is -1.90. The Kier molecular flexibility index (Phi) is 6.73. The second-order valence-corrected chi connectivity index (χ2v) is 7.96. The van der Waals surface area contributed by atoms with Gasteiger partial charge >= 0.3 is 0 Å². The van der Waals surface area contributed by atoms with Crippen LogP contribution in [0.5, 0.6) is 0 Å². The maximum atomic E-state index is 12.5. The fraction of sp³-hybridized carbons (Fsp3) is 0.316. The van der Waals surface area contributed by atoms with E-state index in [4.69, 9.17) is 0 Å². The quantitative estimate of drug-likeness (QED) is 0.785. The number of amides is 1. The van der Waals surface area contributed by atoms with Crippen molar-refractivity contribution in [2.75, 3.05) is 18.9 Å². The Morgan fingerprint density at radius 3 is 2.28 bits per heavy atom. The first-order valence-corrected chi connectivity index (χ1v) is 9.77. The molecule has 1 amide bonds. The number of nitrogens with zero attached hydrogens (tertiary/aromatic N) is 1. The molecular weight excluding hydrogens is 336 g/mol. The molecule has 134 valence electrons. The van der Waals surface area contributed by atoms with Crippen LogP contribution in [-0.2, 0) is 21.2 Å². The Morgan fingerprint density at radius 2 is 1.68 bits per heavy atom. The highest BCUT2D eigenvalue weighted by Crippen LogP contribution is 2.18. The Balaban J connectivity index is 2.00. The van der Waals surface area contributed by atoms with E-state index in [9.17, 15) is 13.2 Å². The molecule has 0 bridgehead atoms. The van der Waals surface area contributed by atoms with Gasteiger partial charge in [0.25, 0.3) is 0 Å². The number of hydrogen-bond acceptors (Lipinski definition) is 3. The lowest BCUT2D eigenvalue weighted by atomic mass is 10.1. The molecule has 0 atom stereocenters. The Bertz CT molecular complexity index is 787. The van der Waals surface area contributed by atoms with Crippen molar-refractivity contribution in [1.82, 2.24) is 4.31 Å². The Morgan fingerprint density at radius 1 is 1.04 bits per heavy atom. The molecule has 0 saturated carbocycles. The highest BCUT2D eigenvalue weighted by atomic mass is 32.2. The van der Waals surface area contributed by atoms with Gasteiger partial charge in [-0.25, -0.2) is 12.7 Å². The van der Waals surface area contributed by atoms with Gasteiger partial charge < -0.3 is 5.32 Å². The fourth-order valence-corrected chi connectivity index (χ4v) is 3.59. The second-order valence-electron chi connectivity index (χ2n) is 5.92. The lowest BCUT2D eigenvalue weighted by molar-refractivity contribution is -0.115. The molecule has 0 aliphatic heterocycles. The summed E-state index contributed by atoms with van der Waals surface area (Å²) in [6.07, 6.45) is 2.04. The van der Waals surface area contributed by atoms with Crippen LogP contribution < -0.4 is 5.32 Å². The standard InChI is InChI=1S/C19H24N2O3S/c1-3-4-14-21(2)25(23,24)18-12-10-17(11-13-18)20-19(22)15-16-8-6-5-7-9-16/h5-13H,3-4,14-15H2,1-2H3,(H,20,22). The topological polar surface area (TPSA) is 66.5 Å². The van der Waals surface area contributed by atoms with Gasteiger partial charge in [-0.3, -0.25) is 4.79 Å². The summed E-state index contributed by atoms with van der Waals surface area (Å²) in [6.45, 7) is 2.52. The first kappa shape index (κ1) is 19.1. The fourth-order valence-electron chi connectivity index (χ4n) is 2.38. The zero-order valence-corrected chi connectivity index (χ0v) is 15.4. The van der Waals surface area contributed by atoms with Gasteiger partial charge in [0.15, 0.2) is 0 Å². The smallest absolute Gasteiger partial charge is 0.242 e. The predicted octanol–water partition coefficient (Wildman–Crippen LogP) is 3.29. The van der Waals surface area contributed by atoms with E-state index in [1.807, 2.05) is 37.3 Å². The van der Waals surface area contributed by atoms with Crippen molar-refractivity contribution < 1.29 is 13.2 Å². The summed E-state index contributed by atoms with van der Waals surface area (Å²) in [5, 5.41) is 2.79. The van der Waals surface area contributed by atoms with Crippen molar-refractivity contribution in [3.8, 4) is 0 Å². The van der Waals surface area contributed by atoms with Gasteiger partial charge in [-0.1, -0.05) is 43.7 Å². The minimum absolute atomic E-state index is 0.137. The van der Waals surface area contributed by atoms with Gasteiger partial charge in [0, 0.05) is 19.3 Å². The molecule has 6 heteroatoms. The van der Waals surface area contributed by atoms with E-state index in [1.54, 1.807) is 19.2 Å². The minimum Gasteiger partial charge on any atom is -0.326 e. The molecule has 5 nitrogen and oxygen atoms in total. The van der Waals surface area contributed by atoms with Crippen LogP contribution >= 0.6 is 0 Å². The van der Waals surface area contributed by atoms with Crippen molar-refractivity contribution >= 4 is 21.6 Å². The summed E-state index contributed by atoms with van der Waals surface area (Å²) < 4.78 is 26.3. The number of hydrogen-bond donors (Lipinski definition) is 1. The Labute approximate surface area is 149 Å². The zero-order valence-electron chi connectivity index (χ0n) is 14.6. The highest BCUT2D eigenvalue weighted by Gasteiger charge is 2.20. The van der Waals surface area contributed by atoms with Gasteiger partial charge in [0.05, 0.1) is 11.3 Å². The highest BCUT2D eigenvalue weighted by molar-refractivity contribution is 7.89. The molecule has 0 unspecified atom stereocenters. The number of benzene rings is 2. The van der Waals surface area contributed by atoms with Crippen LogP contribution in [0.3, 0.4) is 0 Å². The number of rotatable bonds is 8. The summed E-state index contributed by atoms with van der Waals surface area (Å²) in [6, 6.07) is 15.7. The summed E-state index contributed by atoms with van der Waals surface area (Å²) >= 11 is 0. The predicted molar refractivity (Wildman–Crippen MR) is 99.9 cm³/mol. The maximum absolute atomic E-state index is 12.5. The van der Waals surface area contributed by atoms with Crippen molar-refractivity contribution in [2.45, 2.75) is 31.1 Å². The second kappa shape index (κ2) is 8.78. The van der Waals surface area contributed by atoms with E-state index in [0.29, 0.717) is 12.2 Å². The van der Waals surface area contributed by atoms with Crippen LogP contribution in [0.1, 0.15) is 25.3 Å². The van der Waals surface area contributed by atoms with E-state index in [-0.39, 0.29) is 17.2 Å². The molecule has 0 heterocycles. The van der Waals surface area contributed by atoms with E-state index < -0.39 is 10.0 Å². The molecule has 0 aliphatic carbocycles. The van der Waals surface area contributed by atoms with Gasteiger partial charge in [0.2, 0.25) is 15.9 Å². The number of nitrogens with one attached hydrogen (secondary N) is 1. The van der Waals surface area contributed by atoms with Crippen molar-refractivity contribution in [3.63, 3.8) is 0 Å². The van der Waals surface area contributed by atoms with Crippen LogP contribution in [0.15, 0.2) is 59.5 Å². The lowest BCUT2D eigenvalue weighted by Gasteiger charge is -2.17. The van der Waals surface area contributed by atoms with Crippen molar-refractivity contribution in [1.29, 1.82) is 0 Å². The monoisotopic (exact) mass is 360 g/mol. The molecule has 0 saturated heterocycles. The number of carbonyl (C=O) groups excluding carboxylic acids is 1. The summed E-state index contributed by atoms with van der Waals surface area (Å²) in [4.78, 5) is 12.3. The average molecular weight is 360 g/mol. The van der Waals surface area contributed by atoms with Gasteiger partial charge in [-0.2, -0.15) is 0 Å². The summed E-state index contributed by atoms with van der Waals surface area (Å²) in [5.41, 5.74) is 1.51. The van der Waals surface area contributed by atoms with Crippen LogP contribution in [0, 0.1) is 0 Å². The maximum Gasteiger partial charge on any atom is 0.242 e. The number of unbranched alkanes of at least 4 members (excludes halogenated alkanes) is 1. The van der Waals surface area contributed by atoms with Crippen LogP contribution in [0.4, 0.5) is 5.69 Å². The van der Waals surface area contributed by atoms with Crippen LogP contribution in [0.2, 0.25) is 0 Å². The molecule has 2 aromatic carbocycles. The molecule has 0 aliphatic rings. The first-order chi connectivity index (χ1) is 11.9. The van der Waals surface area contributed by atoms with Crippen LogP contribution in [0.25, 0.3) is 0 Å².